The van der Waals surface area contributed by atoms with Crippen LogP contribution in [0, 0.1) is 6.92 Å². The zero-order valence-electron chi connectivity index (χ0n) is 14.6. The van der Waals surface area contributed by atoms with E-state index in [1.54, 1.807) is 11.3 Å². The first-order chi connectivity index (χ1) is 12.1. The number of halogens is 1. The first kappa shape index (κ1) is 18.4. The third kappa shape index (κ3) is 3.20. The van der Waals surface area contributed by atoms with E-state index in [0.29, 0.717) is 6.54 Å². The molecule has 0 saturated heterocycles. The van der Waals surface area contributed by atoms with Gasteiger partial charge in [0.15, 0.2) is 5.69 Å². The van der Waals surface area contributed by atoms with Gasteiger partial charge in [0.05, 0.1) is 11.3 Å². The van der Waals surface area contributed by atoms with Crippen molar-refractivity contribution in [2.45, 2.75) is 19.8 Å². The number of para-hydroxylation sites is 3. The third-order valence-corrected chi connectivity index (χ3v) is 5.77. The molecule has 4 rings (SSSR count). The topological polar surface area (TPSA) is 36.2 Å². The zero-order chi connectivity index (χ0) is 17.4. The summed E-state index contributed by atoms with van der Waals surface area (Å²) in [4.78, 5) is 14.8. The van der Waals surface area contributed by atoms with Crippen molar-refractivity contribution in [3.8, 4) is 5.69 Å². The lowest BCUT2D eigenvalue weighted by atomic mass is 10.2. The lowest BCUT2D eigenvalue weighted by molar-refractivity contribution is -0.605. The van der Waals surface area contributed by atoms with Gasteiger partial charge in [-0.15, -0.1) is 4.57 Å². The van der Waals surface area contributed by atoms with Gasteiger partial charge in [-0.3, -0.25) is 4.90 Å². The minimum Gasteiger partial charge on any atom is -1.00 e. The van der Waals surface area contributed by atoms with Gasteiger partial charge in [-0.25, -0.2) is 4.79 Å². The molecular weight excluding hydrogens is 366 g/mol. The monoisotopic (exact) mass is 385 g/mol. The minimum absolute atomic E-state index is 0. The van der Waals surface area contributed by atoms with Crippen LogP contribution in [0.2, 0.25) is 0 Å². The molecule has 1 unspecified atom stereocenters. The number of benzene rings is 2. The Labute approximate surface area is 163 Å². The fourth-order valence-electron chi connectivity index (χ4n) is 3.31. The van der Waals surface area contributed by atoms with Gasteiger partial charge in [0.1, 0.15) is 5.69 Å². The number of carbonyl (C=O) groups excluding carboxylic acids is 1. The van der Waals surface area contributed by atoms with Gasteiger partial charge in [0.2, 0.25) is 10.7 Å². The summed E-state index contributed by atoms with van der Waals surface area (Å²) in [5.74, 6) is 0.257. The number of amides is 2. The van der Waals surface area contributed by atoms with Crippen molar-refractivity contribution >= 4 is 28.7 Å². The second-order valence-electron chi connectivity index (χ2n) is 6.35. The third-order valence-electron chi connectivity index (χ3n) is 4.48. The van der Waals surface area contributed by atoms with Gasteiger partial charge >= 0.3 is 6.03 Å². The highest BCUT2D eigenvalue weighted by Crippen LogP contribution is 2.32. The molecule has 26 heavy (non-hydrogen) atoms. The van der Waals surface area contributed by atoms with Crippen LogP contribution in [-0.2, 0) is 0 Å². The Bertz CT molecular complexity index is 926. The van der Waals surface area contributed by atoms with Crippen molar-refractivity contribution in [1.29, 1.82) is 0 Å². The molecule has 134 valence electrons. The molecule has 6 heteroatoms. The van der Waals surface area contributed by atoms with Gasteiger partial charge in [0.25, 0.3) is 0 Å². The van der Waals surface area contributed by atoms with Crippen LogP contribution in [0.15, 0.2) is 60.0 Å². The summed E-state index contributed by atoms with van der Waals surface area (Å²) in [6, 6.07) is 17.6. The lowest BCUT2D eigenvalue weighted by Crippen LogP contribution is -3.00. The van der Waals surface area contributed by atoms with E-state index in [0.717, 1.165) is 17.1 Å². The second-order valence-corrected chi connectivity index (χ2v) is 7.24. The van der Waals surface area contributed by atoms with Crippen LogP contribution in [-0.4, -0.2) is 12.6 Å². The summed E-state index contributed by atoms with van der Waals surface area (Å²) in [5.41, 5.74) is 4.00. The molecule has 0 aliphatic carbocycles. The van der Waals surface area contributed by atoms with Crippen LogP contribution in [0.4, 0.5) is 16.2 Å². The largest absolute Gasteiger partial charge is 1.00 e. The molecule has 1 N–H and O–H groups in total. The molecule has 0 saturated carbocycles. The van der Waals surface area contributed by atoms with Crippen molar-refractivity contribution in [3.05, 3.63) is 70.7 Å². The van der Waals surface area contributed by atoms with Gasteiger partial charge in [-0.2, -0.15) is 0 Å². The SMILES string of the molecule is Cc1csc2[n+]1-c1ccccc1N(C(=O)Nc1ccccc1)CC2C.[Cl-]. The fraction of sp³-hybridized carbons (Fsp3) is 0.200. The molecule has 0 radical (unpaired) electrons. The number of rotatable bonds is 1. The number of hydrogen-bond donors (Lipinski definition) is 1. The normalized spacial score (nSPS) is 15.3. The number of carbonyl (C=O) groups is 1. The van der Waals surface area contributed by atoms with Crippen molar-refractivity contribution in [2.75, 3.05) is 16.8 Å². The molecule has 2 heterocycles. The molecule has 0 fully saturated rings. The first-order valence-corrected chi connectivity index (χ1v) is 9.26. The van der Waals surface area contributed by atoms with E-state index in [2.05, 4.69) is 35.2 Å². The highest BCUT2D eigenvalue weighted by molar-refractivity contribution is 7.09. The highest BCUT2D eigenvalue weighted by Gasteiger charge is 2.36. The predicted octanol–water partition coefficient (Wildman–Crippen LogP) is 1.49. The second kappa shape index (κ2) is 7.48. The van der Waals surface area contributed by atoms with Crippen LogP contribution in [0.5, 0.6) is 0 Å². The van der Waals surface area contributed by atoms with Crippen LogP contribution in [0.3, 0.4) is 0 Å². The predicted molar refractivity (Wildman–Crippen MR) is 102 cm³/mol. The smallest absolute Gasteiger partial charge is 0.326 e. The quantitative estimate of drug-likeness (QED) is 0.633. The van der Waals surface area contributed by atoms with E-state index in [-0.39, 0.29) is 24.4 Å². The summed E-state index contributed by atoms with van der Waals surface area (Å²) in [5, 5.41) is 6.48. The minimum atomic E-state index is -0.0982. The van der Waals surface area contributed by atoms with Gasteiger partial charge in [-0.1, -0.05) is 41.7 Å². The van der Waals surface area contributed by atoms with Crippen LogP contribution in [0.1, 0.15) is 23.5 Å². The number of thiazole rings is 1. The maximum absolute atomic E-state index is 13.0. The van der Waals surface area contributed by atoms with Crippen molar-refractivity contribution in [3.63, 3.8) is 0 Å². The number of anilines is 2. The Hall–Kier alpha value is -2.37. The molecule has 3 aromatic rings. The Morgan fingerprint density at radius 2 is 1.85 bits per heavy atom. The molecule has 1 aliphatic rings. The molecule has 4 nitrogen and oxygen atoms in total. The number of aryl methyl sites for hydroxylation is 1. The molecule has 2 aromatic carbocycles. The molecule has 1 aromatic heterocycles. The van der Waals surface area contributed by atoms with E-state index in [4.69, 9.17) is 0 Å². The summed E-state index contributed by atoms with van der Waals surface area (Å²) >= 11 is 1.76. The molecular formula is C20H20ClN3OS. The maximum Gasteiger partial charge on any atom is 0.326 e. The Balaban J connectivity index is 0.00000196. The number of nitrogens with zero attached hydrogens (tertiary/aromatic N) is 2. The number of fused-ring (bicyclic) bond motifs is 3. The van der Waals surface area contributed by atoms with E-state index in [1.807, 2.05) is 53.4 Å². The van der Waals surface area contributed by atoms with Crippen molar-refractivity contribution < 1.29 is 21.8 Å². The Kier molecular flexibility index (Phi) is 5.30. The average molecular weight is 386 g/mol. The summed E-state index contributed by atoms with van der Waals surface area (Å²) in [7, 11) is 0. The van der Waals surface area contributed by atoms with E-state index < -0.39 is 0 Å². The van der Waals surface area contributed by atoms with E-state index >= 15 is 0 Å². The van der Waals surface area contributed by atoms with Gasteiger partial charge in [0, 0.05) is 25.2 Å². The number of urea groups is 1. The molecule has 2 amide bonds. The lowest BCUT2D eigenvalue weighted by Gasteiger charge is -2.22. The van der Waals surface area contributed by atoms with Crippen LogP contribution in [0.25, 0.3) is 5.69 Å². The maximum atomic E-state index is 13.0. The van der Waals surface area contributed by atoms with Crippen molar-refractivity contribution in [1.82, 2.24) is 0 Å². The number of nitrogens with one attached hydrogen (secondary N) is 1. The van der Waals surface area contributed by atoms with Crippen LogP contribution < -0.4 is 27.2 Å². The fourth-order valence-corrected chi connectivity index (χ4v) is 4.36. The van der Waals surface area contributed by atoms with Gasteiger partial charge < -0.3 is 17.7 Å². The molecule has 0 bridgehead atoms. The Morgan fingerprint density at radius 1 is 1.15 bits per heavy atom. The Morgan fingerprint density at radius 3 is 2.62 bits per heavy atom. The summed E-state index contributed by atoms with van der Waals surface area (Å²) < 4.78 is 2.28. The number of aromatic nitrogens is 1. The summed E-state index contributed by atoms with van der Waals surface area (Å²) in [6.45, 7) is 4.94. The van der Waals surface area contributed by atoms with E-state index in [9.17, 15) is 4.79 Å². The van der Waals surface area contributed by atoms with Gasteiger partial charge in [-0.05, 0) is 25.1 Å². The molecule has 1 atom stereocenters. The van der Waals surface area contributed by atoms with Crippen LogP contribution >= 0.6 is 11.3 Å². The summed E-state index contributed by atoms with van der Waals surface area (Å²) in [6.07, 6.45) is 0. The molecule has 1 aliphatic heterocycles. The average Bonchev–Trinajstić information content (AvgIpc) is 2.96. The first-order valence-electron chi connectivity index (χ1n) is 8.38. The zero-order valence-corrected chi connectivity index (χ0v) is 16.2. The van der Waals surface area contributed by atoms with Crippen molar-refractivity contribution in [2.24, 2.45) is 0 Å². The highest BCUT2D eigenvalue weighted by atomic mass is 35.5. The van der Waals surface area contributed by atoms with E-state index in [1.165, 1.54) is 10.7 Å². The standard InChI is InChI=1S/C20H19N3OS.ClH/c1-14-12-22(20(24)21-16-8-4-3-5-9-16)17-10-6-7-11-18(17)23-15(2)13-25-19(14)23;/h3-11,13-14H,12H2,1-2H3;1H. The number of hydrogen-bond acceptors (Lipinski definition) is 2. The molecule has 0 spiro atoms.